The SMILES string of the molecule is CC(C)(C)OC(=O)C1(c2ccc(N3Cc4ccccc4C3=O)cc2)CC1. The number of fused-ring (bicyclic) bond motifs is 1. The molecule has 1 amide bonds. The Balaban J connectivity index is 1.55. The van der Waals surface area contributed by atoms with E-state index in [1.807, 2.05) is 69.3 Å². The second kappa shape index (κ2) is 5.70. The lowest BCUT2D eigenvalue weighted by atomic mass is 9.95. The average molecular weight is 349 g/mol. The minimum Gasteiger partial charge on any atom is -0.459 e. The number of esters is 1. The van der Waals surface area contributed by atoms with Crippen molar-refractivity contribution in [2.24, 2.45) is 0 Å². The number of anilines is 1. The van der Waals surface area contributed by atoms with Gasteiger partial charge in [-0.2, -0.15) is 0 Å². The lowest BCUT2D eigenvalue weighted by Gasteiger charge is -2.24. The van der Waals surface area contributed by atoms with Crippen LogP contribution in [-0.4, -0.2) is 17.5 Å². The summed E-state index contributed by atoms with van der Waals surface area (Å²) in [6.07, 6.45) is 1.63. The summed E-state index contributed by atoms with van der Waals surface area (Å²) in [6.45, 7) is 6.26. The summed E-state index contributed by atoms with van der Waals surface area (Å²) < 4.78 is 5.61. The molecular weight excluding hydrogens is 326 g/mol. The summed E-state index contributed by atoms with van der Waals surface area (Å²) >= 11 is 0. The van der Waals surface area contributed by atoms with Crippen molar-refractivity contribution in [1.82, 2.24) is 0 Å². The van der Waals surface area contributed by atoms with Crippen LogP contribution in [0.15, 0.2) is 48.5 Å². The highest BCUT2D eigenvalue weighted by Crippen LogP contribution is 2.50. The van der Waals surface area contributed by atoms with Gasteiger partial charge >= 0.3 is 5.97 Å². The summed E-state index contributed by atoms with van der Waals surface area (Å²) in [7, 11) is 0. The molecule has 134 valence electrons. The predicted molar refractivity (Wildman–Crippen MR) is 100 cm³/mol. The van der Waals surface area contributed by atoms with Crippen LogP contribution >= 0.6 is 0 Å². The Bertz CT molecular complexity index is 873. The molecule has 4 rings (SSSR count). The minimum atomic E-state index is -0.510. The van der Waals surface area contributed by atoms with E-state index in [1.54, 1.807) is 4.90 Å². The number of carbonyl (C=O) groups excluding carboxylic acids is 2. The van der Waals surface area contributed by atoms with Crippen LogP contribution in [0.5, 0.6) is 0 Å². The molecule has 0 saturated heterocycles. The van der Waals surface area contributed by atoms with Gasteiger partial charge in [0.05, 0.1) is 12.0 Å². The normalized spacial score (nSPS) is 17.8. The average Bonchev–Trinajstić information content (AvgIpc) is 3.34. The first-order valence-electron chi connectivity index (χ1n) is 9.04. The molecule has 26 heavy (non-hydrogen) atoms. The molecule has 1 fully saturated rings. The Kier molecular flexibility index (Phi) is 3.69. The molecule has 0 aromatic heterocycles. The molecule has 0 bridgehead atoms. The van der Waals surface area contributed by atoms with Crippen LogP contribution in [0.2, 0.25) is 0 Å². The van der Waals surface area contributed by atoms with Crippen molar-refractivity contribution in [1.29, 1.82) is 0 Å². The Morgan fingerprint density at radius 2 is 1.69 bits per heavy atom. The maximum Gasteiger partial charge on any atom is 0.317 e. The number of hydrogen-bond acceptors (Lipinski definition) is 3. The van der Waals surface area contributed by atoms with Crippen molar-refractivity contribution in [3.63, 3.8) is 0 Å². The van der Waals surface area contributed by atoms with E-state index in [0.717, 1.165) is 35.2 Å². The zero-order valence-electron chi connectivity index (χ0n) is 15.4. The van der Waals surface area contributed by atoms with Gasteiger partial charge in [-0.3, -0.25) is 9.59 Å². The summed E-state index contributed by atoms with van der Waals surface area (Å²) in [5, 5.41) is 0. The monoisotopic (exact) mass is 349 g/mol. The second-order valence-electron chi connectivity index (χ2n) is 8.18. The fourth-order valence-electron chi connectivity index (χ4n) is 3.53. The zero-order valence-corrected chi connectivity index (χ0v) is 15.4. The lowest BCUT2D eigenvalue weighted by molar-refractivity contribution is -0.158. The minimum absolute atomic E-state index is 0.0293. The molecule has 2 aromatic carbocycles. The first-order valence-corrected chi connectivity index (χ1v) is 9.04. The fourth-order valence-corrected chi connectivity index (χ4v) is 3.53. The van der Waals surface area contributed by atoms with Gasteiger partial charge in [-0.1, -0.05) is 30.3 Å². The zero-order chi connectivity index (χ0) is 18.5. The van der Waals surface area contributed by atoms with Crippen molar-refractivity contribution in [3.8, 4) is 0 Å². The molecule has 2 aliphatic rings. The van der Waals surface area contributed by atoms with Gasteiger partial charge in [0, 0.05) is 11.3 Å². The molecule has 1 aliphatic carbocycles. The van der Waals surface area contributed by atoms with Gasteiger partial charge in [-0.25, -0.2) is 0 Å². The summed E-state index contributed by atoms with van der Waals surface area (Å²) in [6, 6.07) is 15.5. The molecule has 4 heteroatoms. The molecule has 0 atom stereocenters. The lowest BCUT2D eigenvalue weighted by Crippen LogP contribution is -2.32. The second-order valence-corrected chi connectivity index (χ2v) is 8.18. The molecule has 0 spiro atoms. The highest BCUT2D eigenvalue weighted by atomic mass is 16.6. The summed E-state index contributed by atoms with van der Waals surface area (Å²) in [5.41, 5.74) is 2.65. The van der Waals surface area contributed by atoms with Crippen molar-refractivity contribution >= 4 is 17.6 Å². The van der Waals surface area contributed by atoms with Gasteiger partial charge < -0.3 is 9.64 Å². The number of benzene rings is 2. The van der Waals surface area contributed by atoms with Gasteiger partial charge in [-0.15, -0.1) is 0 Å². The number of amides is 1. The van der Waals surface area contributed by atoms with E-state index in [0.29, 0.717) is 6.54 Å². The predicted octanol–water partition coefficient (Wildman–Crippen LogP) is 4.22. The molecule has 0 radical (unpaired) electrons. The molecule has 0 unspecified atom stereocenters. The smallest absolute Gasteiger partial charge is 0.317 e. The van der Waals surface area contributed by atoms with E-state index in [1.165, 1.54) is 0 Å². The number of nitrogens with zero attached hydrogens (tertiary/aromatic N) is 1. The van der Waals surface area contributed by atoms with Crippen molar-refractivity contribution in [2.45, 2.75) is 51.2 Å². The Labute approximate surface area is 153 Å². The molecule has 4 nitrogen and oxygen atoms in total. The number of carbonyl (C=O) groups is 2. The van der Waals surface area contributed by atoms with Crippen LogP contribution in [-0.2, 0) is 21.5 Å². The molecular formula is C22H23NO3. The summed E-state index contributed by atoms with van der Waals surface area (Å²) in [4.78, 5) is 27.0. The van der Waals surface area contributed by atoms with Gasteiger partial charge in [0.25, 0.3) is 5.91 Å². The van der Waals surface area contributed by atoms with Crippen molar-refractivity contribution in [3.05, 3.63) is 65.2 Å². The van der Waals surface area contributed by atoms with Crippen LogP contribution in [0, 0.1) is 0 Å². The van der Waals surface area contributed by atoms with Crippen molar-refractivity contribution < 1.29 is 14.3 Å². The van der Waals surface area contributed by atoms with Crippen LogP contribution in [0.25, 0.3) is 0 Å². The molecule has 1 saturated carbocycles. The maximum absolute atomic E-state index is 12.6. The van der Waals surface area contributed by atoms with E-state index in [9.17, 15) is 9.59 Å². The highest BCUT2D eigenvalue weighted by Gasteiger charge is 2.53. The Morgan fingerprint density at radius 1 is 1.04 bits per heavy atom. The van der Waals surface area contributed by atoms with Crippen LogP contribution in [0.3, 0.4) is 0 Å². The first-order chi connectivity index (χ1) is 12.3. The van der Waals surface area contributed by atoms with Crippen LogP contribution in [0.4, 0.5) is 5.69 Å². The first kappa shape index (κ1) is 16.8. The highest BCUT2D eigenvalue weighted by molar-refractivity contribution is 6.10. The standard InChI is InChI=1S/C22H23NO3/c1-21(2,3)26-20(25)22(12-13-22)16-8-10-17(11-9-16)23-14-15-6-4-5-7-18(15)19(23)24/h4-11H,12-14H2,1-3H3. The maximum atomic E-state index is 12.6. The summed E-state index contributed by atoms with van der Waals surface area (Å²) in [5.74, 6) is -0.121. The molecule has 2 aromatic rings. The third-order valence-corrected chi connectivity index (χ3v) is 5.09. The third-order valence-electron chi connectivity index (χ3n) is 5.09. The fraction of sp³-hybridized carbons (Fsp3) is 0.364. The Morgan fingerprint density at radius 3 is 2.27 bits per heavy atom. The van der Waals surface area contributed by atoms with E-state index in [4.69, 9.17) is 4.74 Å². The van der Waals surface area contributed by atoms with E-state index >= 15 is 0 Å². The van der Waals surface area contributed by atoms with Gasteiger partial charge in [0.15, 0.2) is 0 Å². The van der Waals surface area contributed by atoms with E-state index in [-0.39, 0.29) is 11.9 Å². The van der Waals surface area contributed by atoms with Crippen molar-refractivity contribution in [2.75, 3.05) is 4.90 Å². The number of hydrogen-bond donors (Lipinski definition) is 0. The molecule has 1 heterocycles. The largest absolute Gasteiger partial charge is 0.459 e. The Hall–Kier alpha value is -2.62. The molecule has 0 N–H and O–H groups in total. The third kappa shape index (κ3) is 2.79. The number of rotatable bonds is 3. The van der Waals surface area contributed by atoms with Crippen LogP contribution in [0.1, 0.15) is 55.1 Å². The molecule has 1 aliphatic heterocycles. The van der Waals surface area contributed by atoms with Gasteiger partial charge in [-0.05, 0) is 62.9 Å². The van der Waals surface area contributed by atoms with Gasteiger partial charge in [0.1, 0.15) is 5.60 Å². The van der Waals surface area contributed by atoms with Gasteiger partial charge in [0.2, 0.25) is 0 Å². The number of ether oxygens (including phenoxy) is 1. The van der Waals surface area contributed by atoms with E-state index in [2.05, 4.69) is 0 Å². The topological polar surface area (TPSA) is 46.6 Å². The quantitative estimate of drug-likeness (QED) is 0.780. The van der Waals surface area contributed by atoms with E-state index < -0.39 is 11.0 Å². The van der Waals surface area contributed by atoms with Crippen LogP contribution < -0.4 is 4.90 Å².